The van der Waals surface area contributed by atoms with E-state index in [0.717, 1.165) is 35.7 Å². The molecule has 0 bridgehead atoms. The molecule has 0 aliphatic carbocycles. The second-order valence-electron chi connectivity index (χ2n) is 5.20. The van der Waals surface area contributed by atoms with Gasteiger partial charge in [-0.1, -0.05) is 0 Å². The predicted octanol–water partition coefficient (Wildman–Crippen LogP) is 2.11. The van der Waals surface area contributed by atoms with Crippen LogP contribution >= 0.6 is 0 Å². The van der Waals surface area contributed by atoms with Gasteiger partial charge in [0.05, 0.1) is 6.10 Å². The van der Waals surface area contributed by atoms with E-state index in [-0.39, 0.29) is 18.9 Å². The summed E-state index contributed by atoms with van der Waals surface area (Å²) in [6.45, 7) is 4.94. The van der Waals surface area contributed by atoms with Crippen molar-refractivity contribution in [1.82, 2.24) is 0 Å². The molecule has 0 amide bonds. The van der Waals surface area contributed by atoms with E-state index in [9.17, 15) is 0 Å². The molecule has 1 heterocycles. The van der Waals surface area contributed by atoms with Crippen LogP contribution in [0.5, 0.6) is 17.2 Å². The summed E-state index contributed by atoms with van der Waals surface area (Å²) in [5.74, 6) is 2.31. The number of rotatable bonds is 7. The Morgan fingerprint density at radius 1 is 1.25 bits per heavy atom. The molecule has 5 heteroatoms. The van der Waals surface area contributed by atoms with E-state index < -0.39 is 0 Å². The SMILES string of the molecule is COCCC(C)Oc1cc2c(cc1CC(C)N)OCO2. The van der Waals surface area contributed by atoms with Gasteiger partial charge < -0.3 is 24.7 Å². The summed E-state index contributed by atoms with van der Waals surface area (Å²) in [5.41, 5.74) is 6.95. The minimum absolute atomic E-state index is 0.0620. The maximum Gasteiger partial charge on any atom is 0.231 e. The van der Waals surface area contributed by atoms with Crippen molar-refractivity contribution >= 4 is 0 Å². The Bertz CT molecular complexity index is 448. The van der Waals surface area contributed by atoms with Gasteiger partial charge in [0.2, 0.25) is 6.79 Å². The third-order valence-electron chi connectivity index (χ3n) is 3.15. The van der Waals surface area contributed by atoms with Crippen molar-refractivity contribution in [2.75, 3.05) is 20.5 Å². The van der Waals surface area contributed by atoms with Crippen molar-refractivity contribution in [1.29, 1.82) is 0 Å². The van der Waals surface area contributed by atoms with Crippen LogP contribution in [-0.4, -0.2) is 32.7 Å². The molecule has 0 fully saturated rings. The fourth-order valence-electron chi connectivity index (χ4n) is 2.14. The Balaban J connectivity index is 2.16. The first-order valence-electron chi connectivity index (χ1n) is 6.94. The third kappa shape index (κ3) is 3.77. The number of hydrogen-bond donors (Lipinski definition) is 1. The number of ether oxygens (including phenoxy) is 4. The van der Waals surface area contributed by atoms with Crippen molar-refractivity contribution in [2.24, 2.45) is 5.73 Å². The first kappa shape index (κ1) is 14.9. The van der Waals surface area contributed by atoms with Gasteiger partial charge in [0, 0.05) is 32.2 Å². The first-order valence-corrected chi connectivity index (χ1v) is 6.94. The van der Waals surface area contributed by atoms with Crippen molar-refractivity contribution in [2.45, 2.75) is 38.8 Å². The van der Waals surface area contributed by atoms with E-state index in [1.165, 1.54) is 0 Å². The molecule has 5 nitrogen and oxygen atoms in total. The van der Waals surface area contributed by atoms with Gasteiger partial charge in [-0.3, -0.25) is 0 Å². The summed E-state index contributed by atoms with van der Waals surface area (Å²) in [4.78, 5) is 0. The maximum atomic E-state index is 6.00. The van der Waals surface area contributed by atoms with Crippen LogP contribution in [0.15, 0.2) is 12.1 Å². The quantitative estimate of drug-likeness (QED) is 0.829. The van der Waals surface area contributed by atoms with Crippen LogP contribution in [0.4, 0.5) is 0 Å². The molecule has 0 spiro atoms. The lowest BCUT2D eigenvalue weighted by Gasteiger charge is -2.18. The van der Waals surface area contributed by atoms with Gasteiger partial charge in [-0.2, -0.15) is 0 Å². The molecule has 2 rings (SSSR count). The molecule has 0 saturated heterocycles. The predicted molar refractivity (Wildman–Crippen MR) is 76.5 cm³/mol. The van der Waals surface area contributed by atoms with Crippen LogP contribution in [0, 0.1) is 0 Å². The minimum Gasteiger partial charge on any atom is -0.490 e. The molecule has 1 aliphatic rings. The molecular formula is C15H23NO4. The highest BCUT2D eigenvalue weighted by Crippen LogP contribution is 2.39. The van der Waals surface area contributed by atoms with E-state index in [0.29, 0.717) is 6.61 Å². The molecule has 1 aromatic carbocycles. The van der Waals surface area contributed by atoms with Gasteiger partial charge in [0.25, 0.3) is 0 Å². The van der Waals surface area contributed by atoms with Crippen molar-refractivity contribution in [3.8, 4) is 17.2 Å². The normalized spacial score (nSPS) is 16.0. The van der Waals surface area contributed by atoms with E-state index in [4.69, 9.17) is 24.7 Å². The van der Waals surface area contributed by atoms with Crippen LogP contribution in [0.1, 0.15) is 25.8 Å². The van der Waals surface area contributed by atoms with Gasteiger partial charge in [-0.15, -0.1) is 0 Å². The molecule has 0 aromatic heterocycles. The smallest absolute Gasteiger partial charge is 0.231 e. The summed E-state index contributed by atoms with van der Waals surface area (Å²) in [6.07, 6.45) is 1.65. The number of fused-ring (bicyclic) bond motifs is 1. The number of methoxy groups -OCH3 is 1. The Morgan fingerprint density at radius 3 is 2.60 bits per heavy atom. The lowest BCUT2D eigenvalue weighted by atomic mass is 10.1. The van der Waals surface area contributed by atoms with E-state index >= 15 is 0 Å². The van der Waals surface area contributed by atoms with Gasteiger partial charge >= 0.3 is 0 Å². The molecule has 112 valence electrons. The highest BCUT2D eigenvalue weighted by atomic mass is 16.7. The van der Waals surface area contributed by atoms with Gasteiger partial charge in [-0.05, 0) is 31.9 Å². The van der Waals surface area contributed by atoms with E-state index in [2.05, 4.69) is 0 Å². The van der Waals surface area contributed by atoms with Gasteiger partial charge in [0.1, 0.15) is 5.75 Å². The monoisotopic (exact) mass is 281 g/mol. The summed E-state index contributed by atoms with van der Waals surface area (Å²) >= 11 is 0. The molecule has 1 aliphatic heterocycles. The van der Waals surface area contributed by atoms with Crippen LogP contribution in [0.2, 0.25) is 0 Å². The molecule has 20 heavy (non-hydrogen) atoms. The molecule has 1 aromatic rings. The van der Waals surface area contributed by atoms with Crippen molar-refractivity contribution in [3.05, 3.63) is 17.7 Å². The van der Waals surface area contributed by atoms with E-state index in [1.54, 1.807) is 7.11 Å². The Labute approximate surface area is 120 Å². The molecule has 2 N–H and O–H groups in total. The second-order valence-corrected chi connectivity index (χ2v) is 5.20. The Kier molecular flexibility index (Phi) is 5.09. The highest BCUT2D eigenvalue weighted by Gasteiger charge is 2.19. The maximum absolute atomic E-state index is 6.00. The lowest BCUT2D eigenvalue weighted by Crippen LogP contribution is -2.20. The zero-order valence-electron chi connectivity index (χ0n) is 12.3. The zero-order chi connectivity index (χ0) is 14.5. The molecular weight excluding hydrogens is 258 g/mol. The number of hydrogen-bond acceptors (Lipinski definition) is 5. The summed E-state index contributed by atoms with van der Waals surface area (Å²) in [5, 5.41) is 0. The summed E-state index contributed by atoms with van der Waals surface area (Å²) in [6, 6.07) is 3.92. The van der Waals surface area contributed by atoms with Gasteiger partial charge in [-0.25, -0.2) is 0 Å². The minimum atomic E-state index is 0.0620. The third-order valence-corrected chi connectivity index (χ3v) is 3.15. The molecule has 2 atom stereocenters. The largest absolute Gasteiger partial charge is 0.490 e. The Hall–Kier alpha value is -1.46. The number of benzene rings is 1. The van der Waals surface area contributed by atoms with Crippen LogP contribution in [0.25, 0.3) is 0 Å². The molecule has 0 saturated carbocycles. The topological polar surface area (TPSA) is 62.9 Å². The van der Waals surface area contributed by atoms with Gasteiger partial charge in [0.15, 0.2) is 11.5 Å². The first-order chi connectivity index (χ1) is 9.60. The van der Waals surface area contributed by atoms with Crippen LogP contribution < -0.4 is 19.9 Å². The average Bonchev–Trinajstić information content (AvgIpc) is 2.83. The highest BCUT2D eigenvalue weighted by molar-refractivity contribution is 5.52. The molecule has 2 unspecified atom stereocenters. The van der Waals surface area contributed by atoms with Crippen LogP contribution in [-0.2, 0) is 11.2 Å². The van der Waals surface area contributed by atoms with Crippen molar-refractivity contribution < 1.29 is 18.9 Å². The van der Waals surface area contributed by atoms with E-state index in [1.807, 2.05) is 26.0 Å². The fraction of sp³-hybridized carbons (Fsp3) is 0.600. The second kappa shape index (κ2) is 6.81. The van der Waals surface area contributed by atoms with Crippen molar-refractivity contribution in [3.63, 3.8) is 0 Å². The van der Waals surface area contributed by atoms with Crippen LogP contribution in [0.3, 0.4) is 0 Å². The molecule has 0 radical (unpaired) electrons. The Morgan fingerprint density at radius 2 is 1.95 bits per heavy atom. The fourth-order valence-corrected chi connectivity index (χ4v) is 2.14. The summed E-state index contributed by atoms with van der Waals surface area (Å²) in [7, 11) is 1.69. The average molecular weight is 281 g/mol. The standard InChI is InChI=1S/C15H23NO4/c1-10(16)6-12-7-14-15(19-9-18-14)8-13(12)20-11(2)4-5-17-3/h7-8,10-11H,4-6,9,16H2,1-3H3. The zero-order valence-corrected chi connectivity index (χ0v) is 12.3. The number of nitrogens with two attached hydrogens (primary N) is 1. The summed E-state index contributed by atoms with van der Waals surface area (Å²) < 4.78 is 21.9. The lowest BCUT2D eigenvalue weighted by molar-refractivity contribution is 0.134.